The van der Waals surface area contributed by atoms with E-state index < -0.39 is 7.14 Å². The van der Waals surface area contributed by atoms with E-state index in [1.165, 1.54) is 0 Å². The van der Waals surface area contributed by atoms with Crippen LogP contribution in [0.15, 0.2) is 170 Å². The molecule has 7 aromatic carbocycles. The van der Waals surface area contributed by atoms with Crippen LogP contribution in [0.5, 0.6) is 0 Å². The van der Waals surface area contributed by atoms with E-state index in [4.69, 9.17) is 9.97 Å². The Morgan fingerprint density at radius 3 is 1.96 bits per heavy atom. The maximum atomic E-state index is 15.5. The summed E-state index contributed by atoms with van der Waals surface area (Å²) in [5.41, 5.74) is 5.78. The summed E-state index contributed by atoms with van der Waals surface area (Å²) in [4.78, 5) is 10.1. The monoisotopic (exact) mass is 645 g/mol. The van der Waals surface area contributed by atoms with Gasteiger partial charge in [-0.2, -0.15) is 0 Å². The van der Waals surface area contributed by atoms with Crippen LogP contribution in [-0.4, -0.2) is 14.4 Å². The van der Waals surface area contributed by atoms with Gasteiger partial charge in [0.2, 0.25) is 0 Å². The number of nitrogens with zero attached hydrogens (tertiary/aromatic N) is 3. The number of fused-ring (bicyclic) bond motifs is 11. The molecular weight excluding hydrogens is 617 g/mol. The van der Waals surface area contributed by atoms with Crippen LogP contribution in [0.25, 0.3) is 71.2 Å². The predicted molar refractivity (Wildman–Crippen MR) is 205 cm³/mol. The van der Waals surface area contributed by atoms with Gasteiger partial charge < -0.3 is 4.57 Å². The molecule has 0 amide bonds. The number of hydrogen-bond acceptors (Lipinski definition) is 3. The van der Waals surface area contributed by atoms with Crippen LogP contribution in [0.1, 0.15) is 0 Å². The van der Waals surface area contributed by atoms with Crippen LogP contribution in [0.4, 0.5) is 0 Å². The van der Waals surface area contributed by atoms with Crippen molar-refractivity contribution in [2.24, 2.45) is 0 Å². The molecule has 0 saturated carbocycles. The van der Waals surface area contributed by atoms with Crippen LogP contribution in [0, 0.1) is 0 Å². The Balaban J connectivity index is 1.32. The standard InChI is InChI=1S/C44H28N3OP/c48-49(33-14-3-1-4-15-33,34-16-5-2-6-17-34)35-21-24-41-38(27-35)37-22-19-29-11-9-10-18-36(29)43(37)44-46-39-23-20-31(26-42(39)47(41)44)40-25-30-12-7-8-13-32(30)28-45-40/h1-28H. The van der Waals surface area contributed by atoms with E-state index >= 15 is 4.57 Å². The molecule has 0 aliphatic heterocycles. The molecule has 0 bridgehead atoms. The van der Waals surface area contributed by atoms with Gasteiger partial charge in [0.25, 0.3) is 0 Å². The van der Waals surface area contributed by atoms with Crippen LogP contribution < -0.4 is 15.9 Å². The molecule has 0 N–H and O–H groups in total. The SMILES string of the molecule is O=P(c1ccccc1)(c1ccccc1)c1ccc2c(c1)c1ccc3ccccc3c1c1nc3ccc(-c4cc5ccccc5cn4)cc3n21. The van der Waals surface area contributed by atoms with E-state index in [-0.39, 0.29) is 0 Å². The predicted octanol–water partition coefficient (Wildman–Crippen LogP) is 9.80. The average Bonchev–Trinajstić information content (AvgIpc) is 3.56. The molecule has 0 radical (unpaired) electrons. The number of imidazole rings is 1. The summed E-state index contributed by atoms with van der Waals surface area (Å²) < 4.78 is 17.8. The first-order valence-corrected chi connectivity index (χ1v) is 18.1. The molecule has 230 valence electrons. The summed E-state index contributed by atoms with van der Waals surface area (Å²) in [6.45, 7) is 0. The summed E-state index contributed by atoms with van der Waals surface area (Å²) in [7, 11) is -3.20. The van der Waals surface area contributed by atoms with Crippen LogP contribution in [0.2, 0.25) is 0 Å². The van der Waals surface area contributed by atoms with Gasteiger partial charge in [-0.05, 0) is 57.9 Å². The average molecular weight is 646 g/mol. The molecule has 3 heterocycles. The maximum Gasteiger partial charge on any atom is 0.171 e. The zero-order chi connectivity index (χ0) is 32.5. The Hall–Kier alpha value is -6.09. The normalized spacial score (nSPS) is 12.2. The van der Waals surface area contributed by atoms with Gasteiger partial charge in [-0.25, -0.2) is 4.98 Å². The quantitative estimate of drug-likeness (QED) is 0.141. The van der Waals surface area contributed by atoms with Gasteiger partial charge in [0.15, 0.2) is 7.14 Å². The Bertz CT molecular complexity index is 2930. The van der Waals surface area contributed by atoms with Crippen LogP contribution in [0.3, 0.4) is 0 Å². The van der Waals surface area contributed by atoms with E-state index in [9.17, 15) is 0 Å². The Morgan fingerprint density at radius 2 is 1.18 bits per heavy atom. The lowest BCUT2D eigenvalue weighted by Crippen LogP contribution is -2.25. The molecule has 0 aliphatic carbocycles. The summed E-state index contributed by atoms with van der Waals surface area (Å²) in [5.74, 6) is 0. The van der Waals surface area contributed by atoms with Gasteiger partial charge in [-0.3, -0.25) is 9.38 Å². The molecule has 5 heteroatoms. The number of pyridine rings is 2. The third-order valence-corrected chi connectivity index (χ3v) is 12.9. The van der Waals surface area contributed by atoms with Crippen LogP contribution >= 0.6 is 7.14 Å². The molecule has 0 saturated heterocycles. The molecule has 0 aliphatic rings. The van der Waals surface area contributed by atoms with Gasteiger partial charge in [0.05, 0.1) is 22.2 Å². The molecule has 49 heavy (non-hydrogen) atoms. The van der Waals surface area contributed by atoms with E-state index in [1.807, 2.05) is 72.9 Å². The second-order valence-electron chi connectivity index (χ2n) is 12.6. The molecule has 0 atom stereocenters. The molecule has 10 aromatic rings. The number of benzene rings is 7. The highest BCUT2D eigenvalue weighted by Gasteiger charge is 2.30. The summed E-state index contributed by atoms with van der Waals surface area (Å²) in [6, 6.07) is 55.9. The largest absolute Gasteiger partial charge is 0.309 e. The molecule has 0 spiro atoms. The van der Waals surface area contributed by atoms with Crippen molar-refractivity contribution in [3.05, 3.63) is 170 Å². The lowest BCUT2D eigenvalue weighted by molar-refractivity contribution is 0.592. The minimum Gasteiger partial charge on any atom is -0.309 e. The van der Waals surface area contributed by atoms with E-state index in [1.54, 1.807) is 0 Å². The molecule has 3 aromatic heterocycles. The van der Waals surface area contributed by atoms with Crippen molar-refractivity contribution < 1.29 is 4.57 Å². The lowest BCUT2D eigenvalue weighted by atomic mass is 9.99. The van der Waals surface area contributed by atoms with E-state index in [0.29, 0.717) is 0 Å². The number of rotatable bonds is 4. The summed E-state index contributed by atoms with van der Waals surface area (Å²) in [5, 5.41) is 10.2. The van der Waals surface area contributed by atoms with E-state index in [0.717, 1.165) is 87.1 Å². The van der Waals surface area contributed by atoms with Gasteiger partial charge in [-0.1, -0.05) is 127 Å². The van der Waals surface area contributed by atoms with Gasteiger partial charge in [-0.15, -0.1) is 0 Å². The second kappa shape index (κ2) is 10.7. The van der Waals surface area contributed by atoms with Crippen molar-refractivity contribution in [3.8, 4) is 11.3 Å². The Morgan fingerprint density at radius 1 is 0.490 bits per heavy atom. The van der Waals surface area contributed by atoms with Crippen molar-refractivity contribution in [3.63, 3.8) is 0 Å². The van der Waals surface area contributed by atoms with Crippen molar-refractivity contribution in [2.75, 3.05) is 0 Å². The minimum absolute atomic E-state index is 0.802. The molecule has 0 unspecified atom stereocenters. The first-order chi connectivity index (χ1) is 24.2. The zero-order valence-corrected chi connectivity index (χ0v) is 27.3. The molecule has 0 fully saturated rings. The first-order valence-electron chi connectivity index (χ1n) is 16.4. The first kappa shape index (κ1) is 28.0. The highest BCUT2D eigenvalue weighted by Crippen LogP contribution is 2.44. The fraction of sp³-hybridized carbons (Fsp3) is 0. The highest BCUT2D eigenvalue weighted by molar-refractivity contribution is 7.85. The third-order valence-electron chi connectivity index (χ3n) is 9.85. The minimum atomic E-state index is -3.20. The fourth-order valence-corrected chi connectivity index (χ4v) is 10.2. The second-order valence-corrected chi connectivity index (χ2v) is 15.3. The van der Waals surface area contributed by atoms with Crippen molar-refractivity contribution >= 4 is 83.0 Å². The molecule has 4 nitrogen and oxygen atoms in total. The maximum absolute atomic E-state index is 15.5. The van der Waals surface area contributed by atoms with Gasteiger partial charge in [0, 0.05) is 43.8 Å². The third kappa shape index (κ3) is 4.21. The molecular formula is C44H28N3OP. The smallest absolute Gasteiger partial charge is 0.171 e. The lowest BCUT2D eigenvalue weighted by Gasteiger charge is -2.21. The fourth-order valence-electron chi connectivity index (χ4n) is 7.48. The zero-order valence-electron chi connectivity index (χ0n) is 26.4. The van der Waals surface area contributed by atoms with Crippen molar-refractivity contribution in [1.29, 1.82) is 0 Å². The topological polar surface area (TPSA) is 47.3 Å². The van der Waals surface area contributed by atoms with E-state index in [2.05, 4.69) is 101 Å². The molecule has 10 rings (SSSR count). The number of aromatic nitrogens is 3. The summed E-state index contributed by atoms with van der Waals surface area (Å²) in [6.07, 6.45) is 1.94. The summed E-state index contributed by atoms with van der Waals surface area (Å²) >= 11 is 0. The van der Waals surface area contributed by atoms with Crippen molar-refractivity contribution in [2.45, 2.75) is 0 Å². The Labute approximate surface area is 282 Å². The highest BCUT2D eigenvalue weighted by atomic mass is 31.2. The Kier molecular flexibility index (Phi) is 6.12. The van der Waals surface area contributed by atoms with Crippen molar-refractivity contribution in [1.82, 2.24) is 14.4 Å². The number of hydrogen-bond donors (Lipinski definition) is 0. The van der Waals surface area contributed by atoms with Gasteiger partial charge >= 0.3 is 0 Å². The van der Waals surface area contributed by atoms with Crippen LogP contribution in [-0.2, 0) is 4.57 Å². The van der Waals surface area contributed by atoms with Gasteiger partial charge in [0.1, 0.15) is 5.65 Å².